The molecule has 0 radical (unpaired) electrons. The molecule has 11 heavy (non-hydrogen) atoms. The molecule has 1 aromatic rings. The first-order chi connectivity index (χ1) is 5.15. The maximum absolute atomic E-state index is 12.8. The number of benzene rings is 1. The Morgan fingerprint density at radius 2 is 2.18 bits per heavy atom. The van der Waals surface area contributed by atoms with Gasteiger partial charge >= 0.3 is 0 Å². The number of phenols is 1. The van der Waals surface area contributed by atoms with E-state index in [0.29, 0.717) is 5.56 Å². The molecule has 0 spiro atoms. The van der Waals surface area contributed by atoms with E-state index in [9.17, 15) is 4.39 Å². The van der Waals surface area contributed by atoms with Gasteiger partial charge in [-0.25, -0.2) is 4.39 Å². The molecule has 0 aliphatic rings. The van der Waals surface area contributed by atoms with E-state index >= 15 is 0 Å². The summed E-state index contributed by atoms with van der Waals surface area (Å²) in [6.07, 6.45) is 0. The highest BCUT2D eigenvalue weighted by molar-refractivity contribution is 9.10. The average Bonchev–Trinajstić information content (AvgIpc) is 1.99. The fourth-order valence-electron chi connectivity index (χ4n) is 0.747. The highest BCUT2D eigenvalue weighted by Crippen LogP contribution is 2.27. The van der Waals surface area contributed by atoms with E-state index in [1.54, 1.807) is 0 Å². The van der Waals surface area contributed by atoms with E-state index in [-0.39, 0.29) is 16.8 Å². The van der Waals surface area contributed by atoms with Crippen molar-refractivity contribution in [1.29, 1.82) is 0 Å². The maximum atomic E-state index is 12.8. The summed E-state index contributed by atoms with van der Waals surface area (Å²) in [5, 5.41) is 9.07. The zero-order valence-electron chi connectivity index (χ0n) is 5.64. The Morgan fingerprint density at radius 3 is 2.64 bits per heavy atom. The Balaban J connectivity index is 3.21. The van der Waals surface area contributed by atoms with E-state index in [1.165, 1.54) is 12.1 Å². The van der Waals surface area contributed by atoms with Gasteiger partial charge in [-0.1, -0.05) is 0 Å². The fourth-order valence-corrected chi connectivity index (χ4v) is 0.976. The normalized spacial score (nSPS) is 10.1. The highest BCUT2D eigenvalue weighted by atomic mass is 79.9. The fraction of sp³-hybridized carbons (Fsp3) is 0.143. The van der Waals surface area contributed by atoms with Gasteiger partial charge in [0.15, 0.2) is 0 Å². The third-order valence-electron chi connectivity index (χ3n) is 1.30. The molecular weight excluding hydrogens is 213 g/mol. The van der Waals surface area contributed by atoms with E-state index in [0.717, 1.165) is 0 Å². The molecule has 60 valence electrons. The molecule has 3 N–H and O–H groups in total. The van der Waals surface area contributed by atoms with Crippen molar-refractivity contribution >= 4 is 15.9 Å². The van der Waals surface area contributed by atoms with Crippen LogP contribution < -0.4 is 5.73 Å². The molecule has 0 aliphatic carbocycles. The minimum Gasteiger partial charge on any atom is -0.507 e. The summed E-state index contributed by atoms with van der Waals surface area (Å²) < 4.78 is 12.8. The molecule has 0 amide bonds. The number of nitrogens with two attached hydrogens (primary N) is 1. The van der Waals surface area contributed by atoms with Crippen molar-refractivity contribution in [3.05, 3.63) is 28.0 Å². The minimum atomic E-state index is -0.495. The van der Waals surface area contributed by atoms with Crippen molar-refractivity contribution in [2.45, 2.75) is 6.54 Å². The van der Waals surface area contributed by atoms with Gasteiger partial charge in [0.05, 0.1) is 4.47 Å². The molecule has 4 heteroatoms. The summed E-state index contributed by atoms with van der Waals surface area (Å²) in [6.45, 7) is 0.220. The van der Waals surface area contributed by atoms with E-state index in [1.807, 2.05) is 0 Å². The lowest BCUT2D eigenvalue weighted by Crippen LogP contribution is -1.96. The molecule has 0 heterocycles. The molecule has 0 fully saturated rings. The summed E-state index contributed by atoms with van der Waals surface area (Å²) >= 11 is 2.88. The number of rotatable bonds is 1. The second-order valence-electron chi connectivity index (χ2n) is 2.11. The van der Waals surface area contributed by atoms with Gasteiger partial charge < -0.3 is 10.8 Å². The van der Waals surface area contributed by atoms with Gasteiger partial charge in [0.25, 0.3) is 0 Å². The predicted molar refractivity (Wildman–Crippen MR) is 43.7 cm³/mol. The van der Waals surface area contributed by atoms with Crippen LogP contribution in [0.25, 0.3) is 0 Å². The van der Waals surface area contributed by atoms with Crippen molar-refractivity contribution in [3.8, 4) is 5.75 Å². The molecule has 1 rings (SSSR count). The lowest BCUT2D eigenvalue weighted by atomic mass is 10.2. The monoisotopic (exact) mass is 219 g/mol. The van der Waals surface area contributed by atoms with E-state index < -0.39 is 5.82 Å². The van der Waals surface area contributed by atoms with Crippen LogP contribution in [0.15, 0.2) is 16.6 Å². The molecule has 1 aromatic carbocycles. The first-order valence-corrected chi connectivity index (χ1v) is 3.81. The second kappa shape index (κ2) is 3.19. The summed E-state index contributed by atoms with van der Waals surface area (Å²) in [5.74, 6) is -0.615. The van der Waals surface area contributed by atoms with Crippen LogP contribution >= 0.6 is 15.9 Å². The molecule has 0 aromatic heterocycles. The van der Waals surface area contributed by atoms with Crippen LogP contribution in [-0.4, -0.2) is 5.11 Å². The van der Waals surface area contributed by atoms with Crippen molar-refractivity contribution in [1.82, 2.24) is 0 Å². The van der Waals surface area contributed by atoms with Gasteiger partial charge in [-0.3, -0.25) is 0 Å². The molecule has 0 atom stereocenters. The first kappa shape index (κ1) is 8.49. The summed E-state index contributed by atoms with van der Waals surface area (Å²) in [7, 11) is 0. The van der Waals surface area contributed by atoms with Crippen LogP contribution in [0.1, 0.15) is 5.56 Å². The van der Waals surface area contributed by atoms with Crippen LogP contribution in [0.2, 0.25) is 0 Å². The Kier molecular flexibility index (Phi) is 2.46. The number of halogens is 2. The minimum absolute atomic E-state index is 0.0784. The number of hydrogen-bond donors (Lipinski definition) is 2. The number of aromatic hydroxyl groups is 1. The molecular formula is C7H7BrFNO. The number of hydrogen-bond acceptors (Lipinski definition) is 2. The van der Waals surface area contributed by atoms with Gasteiger partial charge in [-0.15, -0.1) is 0 Å². The first-order valence-electron chi connectivity index (χ1n) is 3.02. The predicted octanol–water partition coefficient (Wildman–Crippen LogP) is 1.75. The quantitative estimate of drug-likeness (QED) is 0.757. The molecule has 0 saturated carbocycles. The molecule has 2 nitrogen and oxygen atoms in total. The Labute approximate surface area is 72.0 Å². The summed E-state index contributed by atoms with van der Waals surface area (Å²) in [6, 6.07) is 2.71. The molecule has 0 saturated heterocycles. The van der Waals surface area contributed by atoms with Gasteiger partial charge in [0.1, 0.15) is 11.6 Å². The van der Waals surface area contributed by atoms with E-state index in [4.69, 9.17) is 10.8 Å². The number of phenolic OH excluding ortho intramolecular Hbond substituents is 1. The van der Waals surface area contributed by atoms with E-state index in [2.05, 4.69) is 15.9 Å². The second-order valence-corrected chi connectivity index (χ2v) is 2.91. The third-order valence-corrected chi connectivity index (χ3v) is 2.09. The van der Waals surface area contributed by atoms with Crippen LogP contribution in [0.5, 0.6) is 5.75 Å². The lowest BCUT2D eigenvalue weighted by Gasteiger charge is -2.01. The lowest BCUT2D eigenvalue weighted by molar-refractivity contribution is 0.463. The average molecular weight is 220 g/mol. The smallest absolute Gasteiger partial charge is 0.141 e. The molecule has 0 unspecified atom stereocenters. The Morgan fingerprint density at radius 1 is 1.55 bits per heavy atom. The SMILES string of the molecule is NCc1cc(O)c(Br)c(F)c1. The zero-order chi connectivity index (χ0) is 8.43. The van der Waals surface area contributed by atoms with Crippen molar-refractivity contribution < 1.29 is 9.50 Å². The molecule has 0 aliphatic heterocycles. The highest BCUT2D eigenvalue weighted by Gasteiger charge is 2.05. The standard InChI is InChI=1S/C7H7BrFNO/c8-7-5(9)1-4(3-10)2-6(7)11/h1-2,11H,3,10H2. The van der Waals surface area contributed by atoms with Crippen LogP contribution in [0.4, 0.5) is 4.39 Å². The van der Waals surface area contributed by atoms with Crippen LogP contribution in [0.3, 0.4) is 0 Å². The van der Waals surface area contributed by atoms with Gasteiger partial charge in [0.2, 0.25) is 0 Å². The van der Waals surface area contributed by atoms with Gasteiger partial charge in [-0.05, 0) is 33.6 Å². The molecule has 0 bridgehead atoms. The Bertz CT molecular complexity index is 254. The van der Waals surface area contributed by atoms with Crippen molar-refractivity contribution in [2.24, 2.45) is 5.73 Å². The summed E-state index contributed by atoms with van der Waals surface area (Å²) in [5.41, 5.74) is 5.82. The van der Waals surface area contributed by atoms with Gasteiger partial charge in [0, 0.05) is 6.54 Å². The van der Waals surface area contributed by atoms with Crippen molar-refractivity contribution in [3.63, 3.8) is 0 Å². The van der Waals surface area contributed by atoms with Crippen LogP contribution in [-0.2, 0) is 6.54 Å². The largest absolute Gasteiger partial charge is 0.507 e. The summed E-state index contributed by atoms with van der Waals surface area (Å²) in [4.78, 5) is 0. The zero-order valence-corrected chi connectivity index (χ0v) is 7.23. The topological polar surface area (TPSA) is 46.2 Å². The Hall–Kier alpha value is -0.610. The maximum Gasteiger partial charge on any atom is 0.141 e. The third kappa shape index (κ3) is 1.70. The van der Waals surface area contributed by atoms with Crippen molar-refractivity contribution in [2.75, 3.05) is 0 Å². The van der Waals surface area contributed by atoms with Gasteiger partial charge in [-0.2, -0.15) is 0 Å². The van der Waals surface area contributed by atoms with Crippen LogP contribution in [0, 0.1) is 5.82 Å².